The first kappa shape index (κ1) is 14.9. The summed E-state index contributed by atoms with van der Waals surface area (Å²) in [6.45, 7) is 1.19. The predicted octanol–water partition coefficient (Wildman–Crippen LogP) is -0.601. The smallest absolute Gasteiger partial charge is 0.329 e. The lowest BCUT2D eigenvalue weighted by Gasteiger charge is -2.33. The van der Waals surface area contributed by atoms with Crippen LogP contribution in [0.2, 0.25) is 0 Å². The van der Waals surface area contributed by atoms with Crippen molar-refractivity contribution in [1.29, 1.82) is 0 Å². The molecule has 0 radical (unpaired) electrons. The summed E-state index contributed by atoms with van der Waals surface area (Å²) in [6.07, 6.45) is 0.540. The van der Waals surface area contributed by atoms with Gasteiger partial charge in [-0.2, -0.15) is 0 Å². The van der Waals surface area contributed by atoms with Crippen LogP contribution in [0.15, 0.2) is 0 Å². The van der Waals surface area contributed by atoms with Crippen LogP contribution in [0, 0.1) is 0 Å². The molecule has 1 fully saturated rings. The lowest BCUT2D eigenvalue weighted by atomic mass is 9.90. The van der Waals surface area contributed by atoms with Gasteiger partial charge in [-0.1, -0.05) is 0 Å². The fraction of sp³-hybridized carbons (Fsp3) is 0.818. The molecule has 0 bridgehead atoms. The molecular formula is C11H19NO6. The first-order chi connectivity index (χ1) is 8.60. The average Bonchev–Trinajstić information content (AvgIpc) is 2.35. The first-order valence-electron chi connectivity index (χ1n) is 5.79. The van der Waals surface area contributed by atoms with Gasteiger partial charge in [0.25, 0.3) is 0 Å². The Morgan fingerprint density at radius 2 is 2.00 bits per heavy atom. The second-order valence-corrected chi connectivity index (χ2v) is 4.09. The van der Waals surface area contributed by atoms with Crippen LogP contribution in [0.25, 0.3) is 0 Å². The van der Waals surface area contributed by atoms with Gasteiger partial charge in [0.1, 0.15) is 12.1 Å². The van der Waals surface area contributed by atoms with E-state index in [1.54, 1.807) is 0 Å². The third-order valence-corrected chi connectivity index (χ3v) is 2.80. The molecule has 1 heterocycles. The summed E-state index contributed by atoms with van der Waals surface area (Å²) in [5.74, 6) is -1.47. The van der Waals surface area contributed by atoms with Crippen LogP contribution in [0.1, 0.15) is 12.8 Å². The Balaban J connectivity index is 2.41. The number of rotatable bonds is 7. The van der Waals surface area contributed by atoms with E-state index in [0.717, 1.165) is 0 Å². The highest BCUT2D eigenvalue weighted by molar-refractivity contribution is 5.87. The second-order valence-electron chi connectivity index (χ2n) is 4.09. The maximum Gasteiger partial charge on any atom is 0.329 e. The predicted molar refractivity (Wildman–Crippen MR) is 61.3 cm³/mol. The van der Waals surface area contributed by atoms with E-state index in [0.29, 0.717) is 26.4 Å². The molecule has 0 atom stereocenters. The minimum Gasteiger partial charge on any atom is -0.480 e. The Kier molecular flexibility index (Phi) is 6.03. The van der Waals surface area contributed by atoms with Gasteiger partial charge in [0.15, 0.2) is 0 Å². The third kappa shape index (κ3) is 4.25. The number of carboxylic acids is 1. The molecule has 0 spiro atoms. The van der Waals surface area contributed by atoms with Crippen molar-refractivity contribution in [3.8, 4) is 0 Å². The molecule has 2 N–H and O–H groups in total. The fourth-order valence-electron chi connectivity index (χ4n) is 1.72. The molecule has 7 heteroatoms. The van der Waals surface area contributed by atoms with Gasteiger partial charge in [0.05, 0.1) is 13.2 Å². The SMILES string of the molecule is COCCOCC(=O)NC1(C(=O)O)CCOCC1. The second kappa shape index (κ2) is 7.30. The topological polar surface area (TPSA) is 94.1 Å². The Bertz CT molecular complexity index is 287. The zero-order valence-corrected chi connectivity index (χ0v) is 10.4. The van der Waals surface area contributed by atoms with E-state index in [2.05, 4.69) is 5.32 Å². The molecule has 1 aliphatic heterocycles. The molecule has 0 saturated carbocycles. The van der Waals surface area contributed by atoms with Crippen LogP contribution >= 0.6 is 0 Å². The third-order valence-electron chi connectivity index (χ3n) is 2.80. The van der Waals surface area contributed by atoms with Gasteiger partial charge in [-0.3, -0.25) is 4.79 Å². The number of nitrogens with one attached hydrogen (secondary N) is 1. The van der Waals surface area contributed by atoms with E-state index in [1.807, 2.05) is 0 Å². The molecule has 1 amide bonds. The maximum absolute atomic E-state index is 11.6. The highest BCUT2D eigenvalue weighted by atomic mass is 16.5. The van der Waals surface area contributed by atoms with Crippen molar-refractivity contribution in [3.63, 3.8) is 0 Å². The molecule has 0 unspecified atom stereocenters. The van der Waals surface area contributed by atoms with E-state index in [4.69, 9.17) is 14.2 Å². The Morgan fingerprint density at radius 1 is 1.33 bits per heavy atom. The Labute approximate surface area is 105 Å². The number of ether oxygens (including phenoxy) is 3. The van der Waals surface area contributed by atoms with Crippen molar-refractivity contribution in [2.75, 3.05) is 40.1 Å². The molecule has 7 nitrogen and oxygen atoms in total. The average molecular weight is 261 g/mol. The molecule has 0 aromatic carbocycles. The van der Waals surface area contributed by atoms with E-state index in [9.17, 15) is 14.7 Å². The van der Waals surface area contributed by atoms with Gasteiger partial charge in [-0.05, 0) is 0 Å². The normalized spacial score (nSPS) is 18.3. The van der Waals surface area contributed by atoms with E-state index >= 15 is 0 Å². The van der Waals surface area contributed by atoms with Crippen LogP contribution in [0.5, 0.6) is 0 Å². The molecule has 0 aromatic heterocycles. The molecule has 0 aromatic rings. The maximum atomic E-state index is 11.6. The summed E-state index contributed by atoms with van der Waals surface area (Å²) in [5, 5.41) is 11.7. The zero-order valence-electron chi connectivity index (χ0n) is 10.4. The van der Waals surface area contributed by atoms with Crippen molar-refractivity contribution in [2.45, 2.75) is 18.4 Å². The van der Waals surface area contributed by atoms with Gasteiger partial charge in [-0.15, -0.1) is 0 Å². The zero-order chi connectivity index (χ0) is 13.4. The van der Waals surface area contributed by atoms with Crippen molar-refractivity contribution < 1.29 is 28.9 Å². The van der Waals surface area contributed by atoms with Crippen LogP contribution in [-0.4, -0.2) is 62.7 Å². The highest BCUT2D eigenvalue weighted by Gasteiger charge is 2.41. The Morgan fingerprint density at radius 3 is 2.56 bits per heavy atom. The van der Waals surface area contributed by atoms with Crippen LogP contribution in [-0.2, 0) is 23.8 Å². The molecule has 1 rings (SSSR count). The summed E-state index contributed by atoms with van der Waals surface area (Å²) >= 11 is 0. The number of hydrogen-bond acceptors (Lipinski definition) is 5. The lowest BCUT2D eigenvalue weighted by Crippen LogP contribution is -2.58. The molecule has 1 saturated heterocycles. The standard InChI is InChI=1S/C11H19NO6/c1-16-6-7-18-8-9(13)12-11(10(14)15)2-4-17-5-3-11/h2-8H2,1H3,(H,12,13)(H,14,15). The summed E-state index contributed by atoms with van der Waals surface area (Å²) in [4.78, 5) is 22.9. The number of carbonyl (C=O) groups is 2. The van der Waals surface area contributed by atoms with E-state index in [-0.39, 0.29) is 19.4 Å². The molecular weight excluding hydrogens is 242 g/mol. The van der Waals surface area contributed by atoms with E-state index < -0.39 is 17.4 Å². The minimum absolute atomic E-state index is 0.167. The Hall–Kier alpha value is -1.18. The van der Waals surface area contributed by atoms with Crippen LogP contribution in [0.3, 0.4) is 0 Å². The fourth-order valence-corrected chi connectivity index (χ4v) is 1.72. The number of carboxylic acid groups (broad SMARTS) is 1. The van der Waals surface area contributed by atoms with Gasteiger partial charge >= 0.3 is 5.97 Å². The summed E-state index contributed by atoms with van der Waals surface area (Å²) in [6, 6.07) is 0. The number of carbonyl (C=O) groups excluding carboxylic acids is 1. The number of methoxy groups -OCH3 is 1. The molecule has 1 aliphatic rings. The number of hydrogen-bond donors (Lipinski definition) is 2. The van der Waals surface area contributed by atoms with Crippen LogP contribution < -0.4 is 5.32 Å². The van der Waals surface area contributed by atoms with Gasteiger partial charge in [-0.25, -0.2) is 4.79 Å². The largest absolute Gasteiger partial charge is 0.480 e. The molecule has 18 heavy (non-hydrogen) atoms. The van der Waals surface area contributed by atoms with Crippen molar-refractivity contribution in [3.05, 3.63) is 0 Å². The lowest BCUT2D eigenvalue weighted by molar-refractivity contribution is -0.153. The minimum atomic E-state index is -1.22. The van der Waals surface area contributed by atoms with Crippen molar-refractivity contribution in [2.24, 2.45) is 0 Å². The summed E-state index contributed by atoms with van der Waals surface area (Å²) < 4.78 is 14.9. The van der Waals surface area contributed by atoms with Crippen molar-refractivity contribution in [1.82, 2.24) is 5.32 Å². The summed E-state index contributed by atoms with van der Waals surface area (Å²) in [7, 11) is 1.53. The first-order valence-corrected chi connectivity index (χ1v) is 5.79. The number of aliphatic carboxylic acids is 1. The molecule has 0 aliphatic carbocycles. The molecule has 104 valence electrons. The number of amides is 1. The highest BCUT2D eigenvalue weighted by Crippen LogP contribution is 2.20. The van der Waals surface area contributed by atoms with Gasteiger partial charge in [0.2, 0.25) is 5.91 Å². The monoisotopic (exact) mass is 261 g/mol. The quantitative estimate of drug-likeness (QED) is 0.594. The van der Waals surface area contributed by atoms with Gasteiger partial charge in [0, 0.05) is 33.2 Å². The van der Waals surface area contributed by atoms with E-state index in [1.165, 1.54) is 7.11 Å². The van der Waals surface area contributed by atoms with Crippen molar-refractivity contribution >= 4 is 11.9 Å². The van der Waals surface area contributed by atoms with Gasteiger partial charge < -0.3 is 24.6 Å². The van der Waals surface area contributed by atoms with Crippen LogP contribution in [0.4, 0.5) is 0 Å². The summed E-state index contributed by atoms with van der Waals surface area (Å²) in [5.41, 5.74) is -1.22.